The normalized spacial score (nSPS) is 12.6. The van der Waals surface area contributed by atoms with E-state index < -0.39 is 0 Å². The van der Waals surface area contributed by atoms with Crippen LogP contribution in [0.1, 0.15) is 37.7 Å². The molecule has 2 aromatic heterocycles. The molecule has 0 aromatic carbocycles. The molecule has 0 unspecified atom stereocenters. The van der Waals surface area contributed by atoms with E-state index in [0.717, 1.165) is 17.8 Å². The molecule has 1 atom stereocenters. The van der Waals surface area contributed by atoms with Crippen molar-refractivity contribution in [3.63, 3.8) is 0 Å². The van der Waals surface area contributed by atoms with Gasteiger partial charge < -0.3 is 5.32 Å². The molecule has 0 aliphatic rings. The molecule has 6 heteroatoms. The third-order valence-corrected chi connectivity index (χ3v) is 3.78. The topological polar surface area (TPSA) is 59.8 Å². The average Bonchev–Trinajstić information content (AvgIpc) is 2.99. The van der Waals surface area contributed by atoms with Gasteiger partial charge in [-0.05, 0) is 34.7 Å². The highest BCUT2D eigenvalue weighted by Gasteiger charge is 2.20. The molecule has 0 fully saturated rings. The molecular formula is C14H20N4OS. The predicted molar refractivity (Wildman–Crippen MR) is 79.4 cm³/mol. The summed E-state index contributed by atoms with van der Waals surface area (Å²) < 4.78 is 1.72. The van der Waals surface area contributed by atoms with Crippen LogP contribution in [0.4, 0.5) is 0 Å². The minimum absolute atomic E-state index is 0.0250. The zero-order chi connectivity index (χ0) is 14.5. The van der Waals surface area contributed by atoms with Gasteiger partial charge in [0.15, 0.2) is 0 Å². The molecule has 2 heterocycles. The van der Waals surface area contributed by atoms with Gasteiger partial charge in [-0.1, -0.05) is 13.8 Å². The van der Waals surface area contributed by atoms with E-state index in [1.807, 2.05) is 23.9 Å². The minimum atomic E-state index is -0.0892. The maximum Gasteiger partial charge on any atom is 0.225 e. The second kappa shape index (κ2) is 6.65. The number of rotatable bonds is 6. The van der Waals surface area contributed by atoms with Gasteiger partial charge in [0, 0.05) is 7.05 Å². The van der Waals surface area contributed by atoms with E-state index in [1.165, 1.54) is 6.33 Å². The first-order chi connectivity index (χ1) is 9.56. The molecule has 1 N–H and O–H groups in total. The Labute approximate surface area is 123 Å². The van der Waals surface area contributed by atoms with Crippen LogP contribution in [-0.2, 0) is 18.3 Å². The van der Waals surface area contributed by atoms with E-state index in [1.54, 1.807) is 16.0 Å². The van der Waals surface area contributed by atoms with Gasteiger partial charge in [-0.25, -0.2) is 4.98 Å². The summed E-state index contributed by atoms with van der Waals surface area (Å²) in [4.78, 5) is 16.4. The van der Waals surface area contributed by atoms with Crippen LogP contribution in [0.5, 0.6) is 0 Å². The number of aryl methyl sites for hydroxylation is 1. The van der Waals surface area contributed by atoms with Gasteiger partial charge in [0.25, 0.3) is 0 Å². The average molecular weight is 292 g/mol. The summed E-state index contributed by atoms with van der Waals surface area (Å²) in [6.45, 7) is 4.27. The van der Waals surface area contributed by atoms with E-state index in [0.29, 0.717) is 12.3 Å². The molecule has 0 aliphatic heterocycles. The maximum absolute atomic E-state index is 12.1. The van der Waals surface area contributed by atoms with Crippen molar-refractivity contribution in [2.24, 2.45) is 13.0 Å². The van der Waals surface area contributed by atoms with Gasteiger partial charge in [-0.2, -0.15) is 16.4 Å². The molecule has 0 bridgehead atoms. The summed E-state index contributed by atoms with van der Waals surface area (Å²) in [5.74, 6) is 1.30. The van der Waals surface area contributed by atoms with Gasteiger partial charge in [-0.15, -0.1) is 0 Å². The molecule has 108 valence electrons. The van der Waals surface area contributed by atoms with Crippen molar-refractivity contribution in [3.8, 4) is 0 Å². The van der Waals surface area contributed by atoms with Crippen molar-refractivity contribution in [3.05, 3.63) is 34.5 Å². The predicted octanol–water partition coefficient (Wildman–Crippen LogP) is 2.32. The Morgan fingerprint density at radius 3 is 2.85 bits per heavy atom. The highest BCUT2D eigenvalue weighted by Crippen LogP contribution is 2.19. The second-order valence-corrected chi connectivity index (χ2v) is 6.08. The maximum atomic E-state index is 12.1. The Hall–Kier alpha value is -1.69. The van der Waals surface area contributed by atoms with E-state index in [4.69, 9.17) is 0 Å². The fourth-order valence-corrected chi connectivity index (χ4v) is 2.81. The fraction of sp³-hybridized carbons (Fsp3) is 0.500. The lowest BCUT2D eigenvalue weighted by Gasteiger charge is -2.19. The zero-order valence-corrected chi connectivity index (χ0v) is 12.9. The SMILES string of the molecule is CC(C)C[C@@H](NC(=O)Cc1ccsc1)c1ncnn1C. The Balaban J connectivity index is 2.04. The summed E-state index contributed by atoms with van der Waals surface area (Å²) in [6.07, 6.45) is 2.78. The Morgan fingerprint density at radius 2 is 2.30 bits per heavy atom. The molecule has 5 nitrogen and oxygen atoms in total. The van der Waals surface area contributed by atoms with E-state index in [9.17, 15) is 4.79 Å². The summed E-state index contributed by atoms with van der Waals surface area (Å²) in [6, 6.07) is 1.89. The number of nitrogens with one attached hydrogen (secondary N) is 1. The van der Waals surface area contributed by atoms with Crippen molar-refractivity contribution >= 4 is 17.2 Å². The van der Waals surface area contributed by atoms with Crippen molar-refractivity contribution in [2.75, 3.05) is 0 Å². The molecule has 2 rings (SSSR count). The minimum Gasteiger partial charge on any atom is -0.346 e. The lowest BCUT2D eigenvalue weighted by molar-refractivity contribution is -0.121. The Kier molecular flexibility index (Phi) is 4.89. The Morgan fingerprint density at radius 1 is 1.50 bits per heavy atom. The third-order valence-electron chi connectivity index (χ3n) is 3.05. The number of carbonyl (C=O) groups is 1. The van der Waals surface area contributed by atoms with Crippen LogP contribution >= 0.6 is 11.3 Å². The van der Waals surface area contributed by atoms with Gasteiger partial charge in [0.05, 0.1) is 12.5 Å². The molecule has 0 radical (unpaired) electrons. The lowest BCUT2D eigenvalue weighted by atomic mass is 10.0. The first kappa shape index (κ1) is 14.7. The number of hydrogen-bond donors (Lipinski definition) is 1. The first-order valence-corrected chi connectivity index (χ1v) is 7.65. The van der Waals surface area contributed by atoms with Crippen molar-refractivity contribution in [1.29, 1.82) is 0 Å². The largest absolute Gasteiger partial charge is 0.346 e. The lowest BCUT2D eigenvalue weighted by Crippen LogP contribution is -2.32. The van der Waals surface area contributed by atoms with Crippen molar-refractivity contribution in [1.82, 2.24) is 20.1 Å². The summed E-state index contributed by atoms with van der Waals surface area (Å²) in [7, 11) is 1.85. The molecule has 1 amide bonds. The van der Waals surface area contributed by atoms with Gasteiger partial charge in [0.1, 0.15) is 12.2 Å². The number of hydrogen-bond acceptors (Lipinski definition) is 4. The summed E-state index contributed by atoms with van der Waals surface area (Å²) in [5, 5.41) is 11.1. The van der Waals surface area contributed by atoms with Crippen LogP contribution in [0.3, 0.4) is 0 Å². The molecule has 2 aromatic rings. The zero-order valence-electron chi connectivity index (χ0n) is 12.0. The molecule has 0 aliphatic carbocycles. The van der Waals surface area contributed by atoms with E-state index in [2.05, 4.69) is 29.2 Å². The fourth-order valence-electron chi connectivity index (χ4n) is 2.14. The monoisotopic (exact) mass is 292 g/mol. The number of aromatic nitrogens is 3. The number of amides is 1. The highest BCUT2D eigenvalue weighted by molar-refractivity contribution is 7.07. The van der Waals surface area contributed by atoms with Gasteiger partial charge >= 0.3 is 0 Å². The Bertz CT molecular complexity index is 547. The van der Waals surface area contributed by atoms with Crippen molar-refractivity contribution < 1.29 is 4.79 Å². The molecule has 0 spiro atoms. The summed E-state index contributed by atoms with van der Waals surface area (Å²) >= 11 is 1.60. The molecular weight excluding hydrogens is 272 g/mol. The number of nitrogens with zero attached hydrogens (tertiary/aromatic N) is 3. The molecule has 0 saturated carbocycles. The number of thiophene rings is 1. The van der Waals surface area contributed by atoms with Crippen LogP contribution in [0.15, 0.2) is 23.2 Å². The van der Waals surface area contributed by atoms with E-state index >= 15 is 0 Å². The van der Waals surface area contributed by atoms with Gasteiger partial charge in [0.2, 0.25) is 5.91 Å². The first-order valence-electron chi connectivity index (χ1n) is 6.70. The highest BCUT2D eigenvalue weighted by atomic mass is 32.1. The van der Waals surface area contributed by atoms with Crippen LogP contribution in [0.2, 0.25) is 0 Å². The molecule has 20 heavy (non-hydrogen) atoms. The van der Waals surface area contributed by atoms with Crippen LogP contribution in [0, 0.1) is 5.92 Å². The smallest absolute Gasteiger partial charge is 0.225 e. The third kappa shape index (κ3) is 3.90. The van der Waals surface area contributed by atoms with Crippen molar-refractivity contribution in [2.45, 2.75) is 32.7 Å². The van der Waals surface area contributed by atoms with E-state index in [-0.39, 0.29) is 11.9 Å². The van der Waals surface area contributed by atoms with Crippen LogP contribution in [-0.4, -0.2) is 20.7 Å². The second-order valence-electron chi connectivity index (χ2n) is 5.30. The van der Waals surface area contributed by atoms with Crippen LogP contribution in [0.25, 0.3) is 0 Å². The van der Waals surface area contributed by atoms with Gasteiger partial charge in [-0.3, -0.25) is 9.48 Å². The quantitative estimate of drug-likeness (QED) is 0.889. The van der Waals surface area contributed by atoms with Crippen LogP contribution < -0.4 is 5.32 Å². The standard InChI is InChI=1S/C14H20N4OS/c1-10(2)6-12(14-15-9-16-18(14)3)17-13(19)7-11-4-5-20-8-11/h4-5,8-10,12H,6-7H2,1-3H3,(H,17,19)/t12-/m1/s1. The molecule has 0 saturated heterocycles. The number of carbonyl (C=O) groups excluding carboxylic acids is 1. The summed E-state index contributed by atoms with van der Waals surface area (Å²) in [5.41, 5.74) is 1.05.